The molecule has 0 aliphatic carbocycles. The maximum absolute atomic E-state index is 13.6. The van der Waals surface area contributed by atoms with Gasteiger partial charge in [0.25, 0.3) is 26.0 Å². The number of carbonyl (C=O) groups is 2. The number of hydrogen-bond donors (Lipinski definition) is 0. The molecule has 0 unspecified atom stereocenters. The summed E-state index contributed by atoms with van der Waals surface area (Å²) in [6.45, 7) is 10.5. The van der Waals surface area contributed by atoms with E-state index < -0.39 is 25.8 Å². The normalized spacial score (nSPS) is 10.6. The number of hydroxylamine groups is 2. The molecule has 16 nitrogen and oxygen atoms in total. The minimum Gasteiger partial charge on any atom is -1.00 e. The topological polar surface area (TPSA) is 184 Å². The van der Waals surface area contributed by atoms with Crippen molar-refractivity contribution in [2.75, 3.05) is 64.7 Å². The van der Waals surface area contributed by atoms with E-state index in [0.29, 0.717) is 53.4 Å². The van der Waals surface area contributed by atoms with E-state index in [9.17, 15) is 26.4 Å². The minimum atomic E-state index is -4.17. The maximum atomic E-state index is 13.6. The summed E-state index contributed by atoms with van der Waals surface area (Å²) < 4.78 is 76.2. The number of hydrogen-bond acceptors (Lipinski definition) is 13. The van der Waals surface area contributed by atoms with Crippen molar-refractivity contribution in [2.45, 2.75) is 51.3 Å². The van der Waals surface area contributed by atoms with Crippen LogP contribution in [0.25, 0.3) is 0 Å². The number of amides is 1. The second kappa shape index (κ2) is 32.8. The molecule has 2 heterocycles. The van der Waals surface area contributed by atoms with Gasteiger partial charge in [0.15, 0.2) is 0 Å². The molecule has 408 valence electrons. The van der Waals surface area contributed by atoms with Crippen LogP contribution in [-0.4, -0.2) is 123 Å². The summed E-state index contributed by atoms with van der Waals surface area (Å²) in [7, 11) is 0.710. The van der Waals surface area contributed by atoms with Crippen molar-refractivity contribution in [1.82, 2.24) is 15.0 Å². The Hall–Kier alpha value is -4.00. The van der Waals surface area contributed by atoms with Gasteiger partial charge in [-0.3, -0.25) is 14.4 Å². The summed E-state index contributed by atoms with van der Waals surface area (Å²) in [6.07, 6.45) is 4.70. The number of ether oxygens (including phenoxy) is 4. The summed E-state index contributed by atoms with van der Waals surface area (Å²) >= 11 is 27.4. The van der Waals surface area contributed by atoms with E-state index in [4.69, 9.17) is 70.2 Å². The Kier molecular flexibility index (Phi) is 30.2. The molecule has 0 radical (unpaired) electrons. The number of carbonyl (C=O) groups excluding carboxylic acids is 2. The van der Waals surface area contributed by atoms with Crippen molar-refractivity contribution in [2.24, 2.45) is 0 Å². The molecule has 0 saturated heterocycles. The first-order valence-corrected chi connectivity index (χ1v) is 27.0. The van der Waals surface area contributed by atoms with Crippen molar-refractivity contribution in [3.8, 4) is 11.5 Å². The van der Waals surface area contributed by atoms with Crippen LogP contribution in [0.1, 0.15) is 62.5 Å². The summed E-state index contributed by atoms with van der Waals surface area (Å²) in [5.74, 6) is 0.175. The third-order valence-corrected chi connectivity index (χ3v) is 15.5. The third-order valence-electron chi connectivity index (χ3n) is 10.2. The molecular formula is C51H57BrCl5MgN5O11S2. The van der Waals surface area contributed by atoms with E-state index in [1.54, 1.807) is 65.3 Å². The fourth-order valence-electron chi connectivity index (χ4n) is 6.51. The molecular weight excluding hydrogens is 1200 g/mol. The molecule has 2 aromatic heterocycles. The fraction of sp³-hybridized carbons (Fsp3) is 0.275. The van der Waals surface area contributed by atoms with E-state index in [2.05, 4.69) is 25.9 Å². The smallest absolute Gasteiger partial charge is 1.00 e. The van der Waals surface area contributed by atoms with E-state index in [-0.39, 0.29) is 92.3 Å². The zero-order valence-corrected chi connectivity index (χ0v) is 52.2. The van der Waals surface area contributed by atoms with Gasteiger partial charge in [0.1, 0.15) is 35.3 Å². The van der Waals surface area contributed by atoms with Crippen LogP contribution in [0.15, 0.2) is 112 Å². The van der Waals surface area contributed by atoms with E-state index >= 15 is 0 Å². The fourth-order valence-corrected chi connectivity index (χ4v) is 10.5. The van der Waals surface area contributed by atoms with Gasteiger partial charge in [0.05, 0.1) is 63.7 Å². The number of sulfonamides is 2. The quantitative estimate of drug-likeness (QED) is 0.0224. The number of rotatable bonds is 16. The van der Waals surface area contributed by atoms with E-state index in [0.717, 1.165) is 14.2 Å². The van der Waals surface area contributed by atoms with Gasteiger partial charge in [-0.15, -0.1) is 0 Å². The predicted octanol–water partition coefficient (Wildman–Crippen LogP) is 8.79. The van der Waals surface area contributed by atoms with E-state index in [1.165, 1.54) is 88.4 Å². The molecule has 0 bridgehead atoms. The molecule has 0 fully saturated rings. The van der Waals surface area contributed by atoms with Gasteiger partial charge in [0, 0.05) is 43.7 Å². The second-order valence-corrected chi connectivity index (χ2v) is 21.7. The van der Waals surface area contributed by atoms with Crippen LogP contribution in [0.4, 0.5) is 11.4 Å². The molecule has 6 aromatic rings. The Morgan fingerprint density at radius 3 is 1.45 bits per heavy atom. The number of pyridine rings is 2. The van der Waals surface area contributed by atoms with Crippen LogP contribution in [0.3, 0.4) is 0 Å². The average molecular weight is 1260 g/mol. The first-order chi connectivity index (χ1) is 34.9. The zero-order chi connectivity index (χ0) is 55.7. The van der Waals surface area contributed by atoms with Crippen molar-refractivity contribution in [1.29, 1.82) is 0 Å². The summed E-state index contributed by atoms with van der Waals surface area (Å²) in [5.41, 5.74) is 3.71. The molecule has 0 aliphatic rings. The number of halogens is 6. The molecule has 0 aliphatic heterocycles. The molecule has 4 aromatic carbocycles. The van der Waals surface area contributed by atoms with Gasteiger partial charge in [-0.05, 0) is 127 Å². The average Bonchev–Trinajstić information content (AvgIpc) is 3.36. The van der Waals surface area contributed by atoms with Crippen LogP contribution in [-0.2, 0) is 34.4 Å². The Bertz CT molecular complexity index is 3150. The minimum absolute atomic E-state index is 0. The number of aromatic nitrogens is 2. The molecule has 6 rings (SSSR count). The first kappa shape index (κ1) is 70.0. The molecule has 76 heavy (non-hydrogen) atoms. The maximum Gasteiger partial charge on any atom is 2.00 e. The van der Waals surface area contributed by atoms with Crippen LogP contribution in [0.2, 0.25) is 20.1 Å². The number of nitrogens with zero attached hydrogens (tertiary/aromatic N) is 5. The second-order valence-electron chi connectivity index (χ2n) is 15.5. The standard InChI is InChI=1S/C23H22Cl2N2O5S.C14H13BrCl2N2O3S.C11H15NO3.C3H7.ClH.Mg/c1-14-6-5-7-20(32-4)21(14)23(28)22-19(11-16(24)12-26-22)27(13-31-3)33(29,30)17-8-9-18(25)15(2)10-17;1-9-5-11(3-4-12(9)17)23(20,21)19(8-22-2)13-6-10(16)7-18-14(13)15;1-8-6-5-7-9(14-3)10(8)11(13)12(2)15-4;1-3-2;;/h5-12H,13H2,1-4H3;3-7H,8H2,1-2H3;5-7H,1-4H3;3H,1-2H3;1H;/q;;;-1;;+2/p-1. The zero-order valence-electron chi connectivity index (χ0n) is 43.7. The Morgan fingerprint density at radius 2 is 1.03 bits per heavy atom. The van der Waals surface area contributed by atoms with Crippen LogP contribution in [0, 0.1) is 34.1 Å². The summed E-state index contributed by atoms with van der Waals surface area (Å²) in [6, 6.07) is 22.3. The summed E-state index contributed by atoms with van der Waals surface area (Å²) in [5, 5.41) is 2.56. The molecule has 0 saturated carbocycles. The van der Waals surface area contributed by atoms with Crippen molar-refractivity contribution in [3.63, 3.8) is 0 Å². The van der Waals surface area contributed by atoms with Gasteiger partial charge < -0.3 is 37.8 Å². The molecule has 0 atom stereocenters. The summed E-state index contributed by atoms with van der Waals surface area (Å²) in [4.78, 5) is 38.6. The van der Waals surface area contributed by atoms with Gasteiger partial charge in [-0.25, -0.2) is 40.5 Å². The van der Waals surface area contributed by atoms with Gasteiger partial charge in [0.2, 0.25) is 5.78 Å². The van der Waals surface area contributed by atoms with Gasteiger partial charge in [-0.2, -0.15) is 13.8 Å². The Balaban J connectivity index is 0.000000585. The number of aryl methyl sites for hydroxylation is 4. The van der Waals surface area contributed by atoms with Gasteiger partial charge >= 0.3 is 23.1 Å². The Morgan fingerprint density at radius 1 is 0.618 bits per heavy atom. The number of benzene rings is 4. The molecule has 1 amide bonds. The monoisotopic (exact) mass is 1260 g/mol. The number of methoxy groups -OCH3 is 4. The van der Waals surface area contributed by atoms with Crippen LogP contribution in [0.5, 0.6) is 11.5 Å². The first-order valence-electron chi connectivity index (χ1n) is 21.8. The number of anilines is 2. The van der Waals surface area contributed by atoms with Crippen LogP contribution < -0.4 is 30.5 Å². The molecule has 25 heteroatoms. The van der Waals surface area contributed by atoms with Crippen molar-refractivity contribution in [3.05, 3.63) is 168 Å². The van der Waals surface area contributed by atoms with Crippen molar-refractivity contribution >= 4 is 128 Å². The Labute approximate surface area is 497 Å². The van der Waals surface area contributed by atoms with Crippen molar-refractivity contribution < 1.29 is 62.6 Å². The van der Waals surface area contributed by atoms with Gasteiger partial charge in [-0.1, -0.05) is 70.7 Å². The molecule has 0 spiro atoms. The largest absolute Gasteiger partial charge is 2.00 e. The van der Waals surface area contributed by atoms with Crippen LogP contribution >= 0.6 is 62.3 Å². The molecule has 0 N–H and O–H groups in total. The third kappa shape index (κ3) is 18.0. The number of ketones is 1. The van der Waals surface area contributed by atoms with E-state index in [1.807, 2.05) is 39.3 Å². The SMILES string of the molecule is COCN(c1cc(Cl)cnc1Br)S(=O)(=O)c1ccc(Cl)c(C)c1.COCN(c1cc(Cl)cnc1C(=O)c1c(C)cccc1OC)S(=O)(=O)c1ccc(Cl)c(C)c1.COc1cccc(C)c1C(=O)N(C)OC.C[CH-]C.[Cl-].[Mg+2]. The predicted molar refractivity (Wildman–Crippen MR) is 301 cm³/mol.